The molecule has 1 N–H and O–H groups in total. The molecule has 0 radical (unpaired) electrons. The van der Waals surface area contributed by atoms with Crippen molar-refractivity contribution in [3.8, 4) is 0 Å². The van der Waals surface area contributed by atoms with Gasteiger partial charge in [0.1, 0.15) is 0 Å². The number of rotatable bonds is 3. The van der Waals surface area contributed by atoms with Crippen molar-refractivity contribution in [3.63, 3.8) is 0 Å². The van der Waals surface area contributed by atoms with Crippen LogP contribution in [0, 0.1) is 0 Å². The summed E-state index contributed by atoms with van der Waals surface area (Å²) in [6, 6.07) is 20.0. The van der Waals surface area contributed by atoms with Crippen LogP contribution in [-0.2, 0) is 13.0 Å². The van der Waals surface area contributed by atoms with Crippen molar-refractivity contribution in [2.24, 2.45) is 0 Å². The average Bonchev–Trinajstić information content (AvgIpc) is 2.71. The normalized spacial score (nSPS) is 18.2. The first-order chi connectivity index (χ1) is 9.83. The van der Waals surface area contributed by atoms with Gasteiger partial charge in [0.2, 0.25) is 0 Å². The number of fused-ring (bicyclic) bond motifs is 1. The lowest BCUT2D eigenvalue weighted by atomic mass is 10.1. The van der Waals surface area contributed by atoms with Crippen molar-refractivity contribution in [2.75, 3.05) is 18.9 Å². The summed E-state index contributed by atoms with van der Waals surface area (Å²) in [7, 11) is 2.23. The molecule has 0 amide bonds. The largest absolute Gasteiger partial charge is 0.383 e. The highest BCUT2D eigenvalue weighted by Gasteiger charge is 2.19. The minimum Gasteiger partial charge on any atom is -0.383 e. The van der Waals surface area contributed by atoms with E-state index >= 15 is 0 Å². The Hall–Kier alpha value is -1.80. The molecule has 1 unspecified atom stereocenters. The molecule has 0 aliphatic carbocycles. The quantitative estimate of drug-likeness (QED) is 0.914. The summed E-state index contributed by atoms with van der Waals surface area (Å²) in [5.74, 6) is 0. The van der Waals surface area contributed by atoms with Crippen molar-refractivity contribution >= 4 is 5.69 Å². The maximum absolute atomic E-state index is 3.60. The minimum absolute atomic E-state index is 0.586. The molecule has 1 atom stereocenters. The summed E-state index contributed by atoms with van der Waals surface area (Å²) in [5, 5.41) is 3.60. The van der Waals surface area contributed by atoms with Gasteiger partial charge in [-0.25, -0.2) is 0 Å². The number of aryl methyl sites for hydroxylation is 1. The fraction of sp³-hybridized carbons (Fsp3) is 0.333. The third kappa shape index (κ3) is 3.02. The number of anilines is 1. The van der Waals surface area contributed by atoms with Crippen LogP contribution < -0.4 is 5.32 Å². The third-order valence-corrected chi connectivity index (χ3v) is 4.19. The number of nitrogens with one attached hydrogen (secondary N) is 1. The molecule has 2 aromatic carbocycles. The Morgan fingerprint density at radius 1 is 1.05 bits per heavy atom. The molecule has 1 heterocycles. The van der Waals surface area contributed by atoms with Crippen molar-refractivity contribution in [1.29, 1.82) is 0 Å². The summed E-state index contributed by atoms with van der Waals surface area (Å²) in [6.07, 6.45) is 2.38. The first-order valence-electron chi connectivity index (χ1n) is 7.39. The van der Waals surface area contributed by atoms with Crippen LogP contribution in [0.1, 0.15) is 17.5 Å². The van der Waals surface area contributed by atoms with Crippen molar-refractivity contribution < 1.29 is 0 Å². The third-order valence-electron chi connectivity index (χ3n) is 4.19. The van der Waals surface area contributed by atoms with Crippen LogP contribution in [0.2, 0.25) is 0 Å². The second-order valence-electron chi connectivity index (χ2n) is 5.63. The molecule has 0 saturated carbocycles. The van der Waals surface area contributed by atoms with E-state index in [2.05, 4.69) is 71.9 Å². The molecule has 0 spiro atoms. The first-order valence-corrected chi connectivity index (χ1v) is 7.39. The molecule has 1 aliphatic rings. The average molecular weight is 266 g/mol. The van der Waals surface area contributed by atoms with Crippen LogP contribution in [0.15, 0.2) is 54.6 Å². The fourth-order valence-electron chi connectivity index (χ4n) is 2.94. The highest BCUT2D eigenvalue weighted by Crippen LogP contribution is 2.23. The first kappa shape index (κ1) is 13.2. The maximum Gasteiger partial charge on any atom is 0.0373 e. The number of hydrogen-bond donors (Lipinski definition) is 1. The molecule has 1 aliphatic heterocycles. The molecular formula is C18H22N2. The van der Waals surface area contributed by atoms with Gasteiger partial charge in [-0.2, -0.15) is 0 Å². The fourth-order valence-corrected chi connectivity index (χ4v) is 2.94. The van der Waals surface area contributed by atoms with Crippen molar-refractivity contribution in [1.82, 2.24) is 4.90 Å². The van der Waals surface area contributed by atoms with E-state index < -0.39 is 0 Å². The maximum atomic E-state index is 3.60. The van der Waals surface area contributed by atoms with E-state index in [0.717, 1.165) is 19.5 Å². The van der Waals surface area contributed by atoms with Crippen LogP contribution in [0.3, 0.4) is 0 Å². The topological polar surface area (TPSA) is 15.3 Å². The van der Waals surface area contributed by atoms with E-state index in [1.165, 1.54) is 23.2 Å². The Labute approximate surface area is 121 Å². The van der Waals surface area contributed by atoms with Gasteiger partial charge in [-0.05, 0) is 37.1 Å². The van der Waals surface area contributed by atoms with Gasteiger partial charge in [0.05, 0.1) is 0 Å². The smallest absolute Gasteiger partial charge is 0.0373 e. The van der Waals surface area contributed by atoms with Gasteiger partial charge >= 0.3 is 0 Å². The van der Waals surface area contributed by atoms with Crippen molar-refractivity contribution in [2.45, 2.75) is 25.4 Å². The molecule has 2 nitrogen and oxygen atoms in total. The van der Waals surface area contributed by atoms with Gasteiger partial charge in [0, 0.05) is 24.8 Å². The Bertz CT molecular complexity index is 523. The summed E-state index contributed by atoms with van der Waals surface area (Å²) in [6.45, 7) is 2.05. The number of para-hydroxylation sites is 1. The Balaban J connectivity index is 1.64. The molecule has 0 bridgehead atoms. The molecule has 0 fully saturated rings. The van der Waals surface area contributed by atoms with E-state index in [1.54, 1.807) is 0 Å². The Morgan fingerprint density at radius 3 is 2.65 bits per heavy atom. The predicted molar refractivity (Wildman–Crippen MR) is 84.9 cm³/mol. The second-order valence-corrected chi connectivity index (χ2v) is 5.63. The van der Waals surface area contributed by atoms with Gasteiger partial charge in [-0.3, -0.25) is 4.90 Å². The zero-order valence-electron chi connectivity index (χ0n) is 12.0. The molecule has 0 aromatic heterocycles. The molecule has 20 heavy (non-hydrogen) atoms. The highest BCUT2D eigenvalue weighted by molar-refractivity contribution is 5.52. The number of benzene rings is 2. The van der Waals surface area contributed by atoms with Gasteiger partial charge in [0.15, 0.2) is 0 Å². The van der Waals surface area contributed by atoms with Crippen molar-refractivity contribution in [3.05, 3.63) is 65.7 Å². The molecular weight excluding hydrogens is 244 g/mol. The summed E-state index contributed by atoms with van der Waals surface area (Å²) in [4.78, 5) is 2.47. The van der Waals surface area contributed by atoms with E-state index in [-0.39, 0.29) is 0 Å². The van der Waals surface area contributed by atoms with Gasteiger partial charge in [-0.15, -0.1) is 0 Å². The van der Waals surface area contributed by atoms with Gasteiger partial charge < -0.3 is 5.32 Å². The SMILES string of the molecule is CN(Cc1ccccc1)C1CCc2ccccc2NC1. The second kappa shape index (κ2) is 6.10. The Kier molecular flexibility index (Phi) is 4.03. The Morgan fingerprint density at radius 2 is 1.80 bits per heavy atom. The lowest BCUT2D eigenvalue weighted by Gasteiger charge is -2.27. The van der Waals surface area contributed by atoms with Gasteiger partial charge in [-0.1, -0.05) is 48.5 Å². The van der Waals surface area contributed by atoms with Crippen LogP contribution in [0.25, 0.3) is 0 Å². The lowest BCUT2D eigenvalue weighted by Crippen LogP contribution is -2.36. The molecule has 2 heteroatoms. The van der Waals surface area contributed by atoms with Crippen LogP contribution in [0.4, 0.5) is 5.69 Å². The standard InChI is InChI=1S/C18H22N2/c1-20(14-15-7-3-2-4-8-15)17-12-11-16-9-5-6-10-18(16)19-13-17/h2-10,17,19H,11-14H2,1H3. The van der Waals surface area contributed by atoms with Gasteiger partial charge in [0.25, 0.3) is 0 Å². The highest BCUT2D eigenvalue weighted by atomic mass is 15.1. The van der Waals surface area contributed by atoms with E-state index in [1.807, 2.05) is 0 Å². The summed E-state index contributed by atoms with van der Waals surface area (Å²) < 4.78 is 0. The molecule has 104 valence electrons. The van der Waals surface area contributed by atoms with E-state index in [0.29, 0.717) is 6.04 Å². The number of nitrogens with zero attached hydrogens (tertiary/aromatic N) is 1. The van der Waals surface area contributed by atoms with E-state index in [9.17, 15) is 0 Å². The summed E-state index contributed by atoms with van der Waals surface area (Å²) >= 11 is 0. The lowest BCUT2D eigenvalue weighted by molar-refractivity contribution is 0.233. The summed E-state index contributed by atoms with van der Waals surface area (Å²) in [5.41, 5.74) is 4.14. The molecule has 2 aromatic rings. The molecule has 0 saturated heterocycles. The van der Waals surface area contributed by atoms with Crippen LogP contribution in [0.5, 0.6) is 0 Å². The molecule has 3 rings (SSSR count). The number of hydrogen-bond acceptors (Lipinski definition) is 2. The monoisotopic (exact) mass is 266 g/mol. The number of likely N-dealkylation sites (N-methyl/N-ethyl adjacent to an activating group) is 1. The van der Waals surface area contributed by atoms with E-state index in [4.69, 9.17) is 0 Å². The zero-order valence-corrected chi connectivity index (χ0v) is 12.0. The van der Waals surface area contributed by atoms with Crippen LogP contribution in [-0.4, -0.2) is 24.5 Å². The minimum atomic E-state index is 0.586. The van der Waals surface area contributed by atoms with Crippen LogP contribution >= 0.6 is 0 Å². The zero-order chi connectivity index (χ0) is 13.8. The predicted octanol–water partition coefficient (Wildman–Crippen LogP) is 3.55.